The predicted molar refractivity (Wildman–Crippen MR) is 164 cm³/mol. The molecule has 3 aliphatic rings. The number of hydrogen-bond acceptors (Lipinski definition) is 7. The molecule has 1 saturated carbocycles. The minimum absolute atomic E-state index is 0.0612. The van der Waals surface area contributed by atoms with Crippen LogP contribution in [0, 0.1) is 5.92 Å². The van der Waals surface area contributed by atoms with E-state index in [0.717, 1.165) is 64.5 Å². The number of rotatable bonds is 9. The summed E-state index contributed by atoms with van der Waals surface area (Å²) in [5.74, 6) is 1.38. The van der Waals surface area contributed by atoms with E-state index < -0.39 is 0 Å². The number of amidine groups is 1. The second-order valence-corrected chi connectivity index (χ2v) is 11.5. The number of nitrogens with one attached hydrogen (secondary N) is 2. The maximum absolute atomic E-state index is 13.4. The average molecular weight is 566 g/mol. The van der Waals surface area contributed by atoms with E-state index in [-0.39, 0.29) is 23.8 Å². The normalized spacial score (nSPS) is 23.2. The van der Waals surface area contributed by atoms with Crippen LogP contribution in [0.25, 0.3) is 0 Å². The summed E-state index contributed by atoms with van der Waals surface area (Å²) in [6, 6.07) is 5.79. The molecule has 1 atom stereocenters. The fourth-order valence-corrected chi connectivity index (χ4v) is 6.17. The fraction of sp³-hybridized carbons (Fsp3) is 0.581. The van der Waals surface area contributed by atoms with Gasteiger partial charge in [0, 0.05) is 37.4 Å². The van der Waals surface area contributed by atoms with Crippen LogP contribution in [0.5, 0.6) is 5.75 Å². The number of hydrogen-bond donors (Lipinski definition) is 3. The highest BCUT2D eigenvalue weighted by molar-refractivity contribution is 6.04. The third-order valence-corrected chi connectivity index (χ3v) is 8.56. The Morgan fingerprint density at radius 2 is 1.90 bits per heavy atom. The van der Waals surface area contributed by atoms with Crippen LogP contribution in [0.1, 0.15) is 68.6 Å². The Morgan fingerprint density at radius 3 is 2.54 bits per heavy atom. The van der Waals surface area contributed by atoms with Crippen LogP contribution in [-0.2, 0) is 4.79 Å². The van der Waals surface area contributed by atoms with E-state index in [4.69, 9.17) is 15.5 Å². The molecule has 0 radical (unpaired) electrons. The molecule has 4 N–H and O–H groups in total. The average Bonchev–Trinajstić information content (AvgIpc) is 3.48. The molecule has 41 heavy (non-hydrogen) atoms. The lowest BCUT2D eigenvalue weighted by atomic mass is 10.0. The van der Waals surface area contributed by atoms with E-state index in [9.17, 15) is 9.59 Å². The number of aliphatic imine (C=N–C) groups is 1. The molecule has 3 fully saturated rings. The van der Waals surface area contributed by atoms with Crippen molar-refractivity contribution in [3.8, 4) is 5.75 Å². The van der Waals surface area contributed by atoms with E-state index >= 15 is 0 Å². The van der Waals surface area contributed by atoms with E-state index in [0.29, 0.717) is 46.9 Å². The quantitative estimate of drug-likeness (QED) is 0.418. The number of benzene rings is 1. The smallest absolute Gasteiger partial charge is 0.251 e. The van der Waals surface area contributed by atoms with E-state index in [2.05, 4.69) is 41.0 Å². The van der Waals surface area contributed by atoms with Gasteiger partial charge in [-0.2, -0.15) is 0 Å². The second-order valence-electron chi connectivity index (χ2n) is 11.5. The van der Waals surface area contributed by atoms with Gasteiger partial charge in [-0.25, -0.2) is 4.99 Å². The SMILES string of the molecule is C=C(N=C1/C(=C\N)N(C)C(=O)C(CCC)CN1C1CCCC1)Nc1ccc(C(=O)NC2CCN(C)CC2)cc1OC. The summed E-state index contributed by atoms with van der Waals surface area (Å²) < 4.78 is 5.63. The zero-order valence-corrected chi connectivity index (χ0v) is 25.1. The topological polar surface area (TPSA) is 116 Å². The van der Waals surface area contributed by atoms with Gasteiger partial charge in [-0.3, -0.25) is 9.59 Å². The van der Waals surface area contributed by atoms with Crippen molar-refractivity contribution in [2.75, 3.05) is 46.2 Å². The van der Waals surface area contributed by atoms with Crippen molar-refractivity contribution in [1.29, 1.82) is 0 Å². The van der Waals surface area contributed by atoms with Crippen LogP contribution >= 0.6 is 0 Å². The molecule has 0 spiro atoms. The molecule has 0 bridgehead atoms. The predicted octanol–water partition coefficient (Wildman–Crippen LogP) is 3.73. The Balaban J connectivity index is 1.56. The van der Waals surface area contributed by atoms with Gasteiger partial charge < -0.3 is 35.8 Å². The maximum atomic E-state index is 13.4. The Kier molecular flexibility index (Phi) is 10.3. The van der Waals surface area contributed by atoms with Crippen molar-refractivity contribution < 1.29 is 14.3 Å². The Bertz CT molecular complexity index is 1170. The zero-order valence-electron chi connectivity index (χ0n) is 25.1. The van der Waals surface area contributed by atoms with Gasteiger partial charge in [-0.15, -0.1) is 0 Å². The third-order valence-electron chi connectivity index (χ3n) is 8.56. The highest BCUT2D eigenvalue weighted by atomic mass is 16.5. The largest absolute Gasteiger partial charge is 0.495 e. The molecule has 224 valence electrons. The van der Waals surface area contributed by atoms with Gasteiger partial charge >= 0.3 is 0 Å². The number of amides is 2. The Morgan fingerprint density at radius 1 is 1.20 bits per heavy atom. The minimum Gasteiger partial charge on any atom is -0.495 e. The van der Waals surface area contributed by atoms with Crippen molar-refractivity contribution in [2.24, 2.45) is 16.6 Å². The molecular formula is C31H47N7O3. The van der Waals surface area contributed by atoms with Crippen molar-refractivity contribution in [1.82, 2.24) is 20.0 Å². The van der Waals surface area contributed by atoms with Crippen LogP contribution in [0.4, 0.5) is 5.69 Å². The van der Waals surface area contributed by atoms with Crippen LogP contribution in [0.2, 0.25) is 0 Å². The van der Waals surface area contributed by atoms with Crippen LogP contribution in [0.15, 0.2) is 47.5 Å². The third kappa shape index (κ3) is 7.22. The molecular weight excluding hydrogens is 518 g/mol. The summed E-state index contributed by atoms with van der Waals surface area (Å²) in [5, 5.41) is 6.41. The van der Waals surface area contributed by atoms with E-state index in [1.807, 2.05) is 6.07 Å². The number of likely N-dealkylation sites (N-methyl/N-ethyl adjacent to an activating group) is 1. The number of nitrogens with two attached hydrogens (primary N) is 1. The van der Waals surface area contributed by atoms with Gasteiger partial charge in [0.1, 0.15) is 17.3 Å². The molecule has 1 aliphatic carbocycles. The first-order valence-electron chi connectivity index (χ1n) is 14.9. The standard InChI is InChI=1S/C31H47N7O3/c1-6-9-23-20-38(25-10-7-8-11-25)29(27(19-32)37(4)31(23)40)34-21(2)33-26-13-12-22(18-28(26)41-5)30(39)35-24-14-16-36(3)17-15-24/h12-13,18-19,23-25,33H,2,6-11,14-17,20,32H2,1,3-5H3,(H,35,39)/b27-19+,34-29?. The molecule has 10 nitrogen and oxygen atoms in total. The summed E-state index contributed by atoms with van der Waals surface area (Å²) in [6.45, 7) is 8.85. The van der Waals surface area contributed by atoms with Crippen LogP contribution in [-0.4, -0.2) is 85.3 Å². The molecule has 2 amide bonds. The lowest BCUT2D eigenvalue weighted by molar-refractivity contribution is -0.132. The van der Waals surface area contributed by atoms with Crippen molar-refractivity contribution in [3.05, 3.63) is 48.1 Å². The van der Waals surface area contributed by atoms with Gasteiger partial charge in [0.2, 0.25) is 5.91 Å². The first-order chi connectivity index (χ1) is 19.7. The number of nitrogens with zero attached hydrogens (tertiary/aromatic N) is 4. The lowest BCUT2D eigenvalue weighted by Gasteiger charge is -2.32. The van der Waals surface area contributed by atoms with Gasteiger partial charge in [-0.05, 0) is 70.4 Å². The van der Waals surface area contributed by atoms with Crippen molar-refractivity contribution >= 4 is 23.3 Å². The van der Waals surface area contributed by atoms with E-state index in [1.54, 1.807) is 31.2 Å². The molecule has 1 aromatic rings. The summed E-state index contributed by atoms with van der Waals surface area (Å²) in [6.07, 6.45) is 9.53. The molecule has 0 aromatic heterocycles. The molecule has 1 aromatic carbocycles. The van der Waals surface area contributed by atoms with Crippen LogP contribution in [0.3, 0.4) is 0 Å². The fourth-order valence-electron chi connectivity index (χ4n) is 6.17. The highest BCUT2D eigenvalue weighted by Gasteiger charge is 2.38. The maximum Gasteiger partial charge on any atom is 0.251 e. The monoisotopic (exact) mass is 565 g/mol. The number of likely N-dealkylation sites (tertiary alicyclic amines) is 1. The summed E-state index contributed by atoms with van der Waals surface area (Å²) in [7, 11) is 5.44. The highest BCUT2D eigenvalue weighted by Crippen LogP contribution is 2.32. The number of anilines is 1. The summed E-state index contributed by atoms with van der Waals surface area (Å²) in [5.41, 5.74) is 7.88. The first kappa shape index (κ1) is 30.4. The van der Waals surface area contributed by atoms with Gasteiger partial charge in [0.25, 0.3) is 5.91 Å². The number of methoxy groups -OCH3 is 1. The van der Waals surface area contributed by atoms with Crippen LogP contribution < -0.4 is 21.1 Å². The number of piperidine rings is 1. The molecule has 4 rings (SSSR count). The van der Waals surface area contributed by atoms with Crippen molar-refractivity contribution in [3.63, 3.8) is 0 Å². The van der Waals surface area contributed by atoms with E-state index in [1.165, 1.54) is 6.20 Å². The first-order valence-corrected chi connectivity index (χ1v) is 14.9. The summed E-state index contributed by atoms with van der Waals surface area (Å²) in [4.78, 5) is 37.4. The van der Waals surface area contributed by atoms with Gasteiger partial charge in [0.05, 0.1) is 18.7 Å². The molecule has 1 unspecified atom stereocenters. The molecule has 2 aliphatic heterocycles. The molecule has 2 heterocycles. The Labute approximate surface area is 244 Å². The second kappa shape index (κ2) is 13.9. The number of carbonyl (C=O) groups excluding carboxylic acids is 2. The molecule has 2 saturated heterocycles. The lowest BCUT2D eigenvalue weighted by Crippen LogP contribution is -2.43. The number of carbonyl (C=O) groups is 2. The van der Waals surface area contributed by atoms with Gasteiger partial charge in [-0.1, -0.05) is 32.8 Å². The number of ether oxygens (including phenoxy) is 1. The van der Waals surface area contributed by atoms with Gasteiger partial charge in [0.15, 0.2) is 5.84 Å². The summed E-state index contributed by atoms with van der Waals surface area (Å²) >= 11 is 0. The van der Waals surface area contributed by atoms with Crippen molar-refractivity contribution in [2.45, 2.75) is 70.4 Å². The zero-order chi connectivity index (χ0) is 29.5. The minimum atomic E-state index is -0.122. The Hall–Kier alpha value is -3.53. The molecule has 10 heteroatoms.